The van der Waals surface area contributed by atoms with Crippen molar-refractivity contribution in [2.45, 2.75) is 26.3 Å². The van der Waals surface area contributed by atoms with Crippen LogP contribution in [0.3, 0.4) is 0 Å². The maximum absolute atomic E-state index is 12.6. The topological polar surface area (TPSA) is 55.9 Å². The van der Waals surface area contributed by atoms with E-state index in [1.165, 1.54) is 0 Å². The third-order valence-corrected chi connectivity index (χ3v) is 6.09. The van der Waals surface area contributed by atoms with Gasteiger partial charge in [-0.1, -0.05) is 6.92 Å². The van der Waals surface area contributed by atoms with Crippen LogP contribution in [0.4, 0.5) is 0 Å². The molecule has 0 radical (unpaired) electrons. The summed E-state index contributed by atoms with van der Waals surface area (Å²) < 4.78 is 28.6. The number of nitrogens with one attached hydrogen (secondary N) is 1. The van der Waals surface area contributed by atoms with Crippen LogP contribution in [-0.4, -0.2) is 80.3 Å². The zero-order valence-electron chi connectivity index (χ0n) is 12.0. The Morgan fingerprint density at radius 2 is 1.89 bits per heavy atom. The highest BCUT2D eigenvalue weighted by Crippen LogP contribution is 2.16. The van der Waals surface area contributed by atoms with Crippen molar-refractivity contribution in [3.63, 3.8) is 0 Å². The Kier molecular flexibility index (Phi) is 5.19. The van der Waals surface area contributed by atoms with Gasteiger partial charge in [0.1, 0.15) is 0 Å². The molecular formula is C12H26N4O2S. The van der Waals surface area contributed by atoms with Gasteiger partial charge in [-0.25, -0.2) is 0 Å². The van der Waals surface area contributed by atoms with E-state index in [2.05, 4.69) is 24.1 Å². The fourth-order valence-corrected chi connectivity index (χ4v) is 4.58. The van der Waals surface area contributed by atoms with Crippen molar-refractivity contribution < 1.29 is 8.42 Å². The predicted octanol–water partition coefficient (Wildman–Crippen LogP) is -0.447. The van der Waals surface area contributed by atoms with Crippen molar-refractivity contribution >= 4 is 10.2 Å². The zero-order chi connectivity index (χ0) is 13.9. The molecule has 112 valence electrons. The van der Waals surface area contributed by atoms with Crippen LogP contribution in [0, 0.1) is 0 Å². The monoisotopic (exact) mass is 290 g/mol. The number of piperazine rings is 1. The third kappa shape index (κ3) is 3.46. The first-order valence-electron chi connectivity index (χ1n) is 7.25. The van der Waals surface area contributed by atoms with Crippen molar-refractivity contribution in [2.75, 3.05) is 52.4 Å². The predicted molar refractivity (Wildman–Crippen MR) is 76.3 cm³/mol. The number of hydrogen-bond donors (Lipinski definition) is 1. The summed E-state index contributed by atoms with van der Waals surface area (Å²) in [4.78, 5) is 2.33. The molecule has 19 heavy (non-hydrogen) atoms. The lowest BCUT2D eigenvalue weighted by atomic mass is 10.2. The summed E-state index contributed by atoms with van der Waals surface area (Å²) in [6.07, 6.45) is 0.893. The lowest BCUT2D eigenvalue weighted by molar-refractivity contribution is 0.131. The van der Waals surface area contributed by atoms with Gasteiger partial charge in [0.15, 0.2) is 0 Å². The Labute approximate surface area is 116 Å². The second kappa shape index (κ2) is 6.49. The fraction of sp³-hybridized carbons (Fsp3) is 1.00. The Morgan fingerprint density at radius 1 is 1.11 bits per heavy atom. The Hall–Kier alpha value is -0.210. The van der Waals surface area contributed by atoms with Gasteiger partial charge in [-0.2, -0.15) is 17.0 Å². The van der Waals surface area contributed by atoms with Gasteiger partial charge in [-0.15, -0.1) is 0 Å². The maximum atomic E-state index is 12.6. The molecule has 2 aliphatic rings. The zero-order valence-corrected chi connectivity index (χ0v) is 12.8. The summed E-state index contributed by atoms with van der Waals surface area (Å²) >= 11 is 0. The molecule has 7 heteroatoms. The van der Waals surface area contributed by atoms with Crippen molar-refractivity contribution in [3.8, 4) is 0 Å². The van der Waals surface area contributed by atoms with E-state index in [4.69, 9.17) is 0 Å². The summed E-state index contributed by atoms with van der Waals surface area (Å²) in [5.74, 6) is 0. The molecule has 0 aromatic carbocycles. The van der Waals surface area contributed by atoms with Crippen LogP contribution in [0.25, 0.3) is 0 Å². The molecule has 0 saturated carbocycles. The van der Waals surface area contributed by atoms with Gasteiger partial charge in [0.2, 0.25) is 0 Å². The first-order chi connectivity index (χ1) is 9.05. The van der Waals surface area contributed by atoms with Crippen LogP contribution < -0.4 is 5.32 Å². The van der Waals surface area contributed by atoms with Gasteiger partial charge in [-0.05, 0) is 26.4 Å². The Bertz CT molecular complexity index is 379. The molecule has 2 aliphatic heterocycles. The highest BCUT2D eigenvalue weighted by atomic mass is 32.2. The molecule has 0 aromatic heterocycles. The highest BCUT2D eigenvalue weighted by molar-refractivity contribution is 7.86. The van der Waals surface area contributed by atoms with E-state index < -0.39 is 10.2 Å². The number of nitrogens with zero attached hydrogens (tertiary/aromatic N) is 3. The van der Waals surface area contributed by atoms with E-state index in [0.717, 1.165) is 32.6 Å². The van der Waals surface area contributed by atoms with Gasteiger partial charge in [0.25, 0.3) is 10.2 Å². The summed E-state index contributed by atoms with van der Waals surface area (Å²) in [5, 5.41) is 3.24. The maximum Gasteiger partial charge on any atom is 0.282 e. The molecule has 2 heterocycles. The SMILES string of the molecule is CCN1CCN(S(=O)(=O)N2CCCNCC2)CC1C. The van der Waals surface area contributed by atoms with Gasteiger partial charge in [0.05, 0.1) is 0 Å². The Morgan fingerprint density at radius 3 is 2.58 bits per heavy atom. The molecule has 2 saturated heterocycles. The van der Waals surface area contributed by atoms with E-state index in [0.29, 0.717) is 32.2 Å². The van der Waals surface area contributed by atoms with Crippen molar-refractivity contribution in [2.24, 2.45) is 0 Å². The van der Waals surface area contributed by atoms with Crippen LogP contribution in [0.1, 0.15) is 20.3 Å². The first-order valence-corrected chi connectivity index (χ1v) is 8.65. The lowest BCUT2D eigenvalue weighted by Crippen LogP contribution is -2.56. The normalized spacial score (nSPS) is 29.3. The van der Waals surface area contributed by atoms with Gasteiger partial charge in [0, 0.05) is 45.3 Å². The summed E-state index contributed by atoms with van der Waals surface area (Å²) in [6.45, 7) is 10.2. The summed E-state index contributed by atoms with van der Waals surface area (Å²) in [7, 11) is -3.27. The van der Waals surface area contributed by atoms with Crippen LogP contribution in [0.5, 0.6) is 0 Å². The molecule has 1 atom stereocenters. The Balaban J connectivity index is 2.03. The highest BCUT2D eigenvalue weighted by Gasteiger charge is 2.34. The minimum atomic E-state index is -3.27. The molecule has 0 bridgehead atoms. The van der Waals surface area contributed by atoms with E-state index >= 15 is 0 Å². The minimum absolute atomic E-state index is 0.304. The largest absolute Gasteiger partial charge is 0.315 e. The van der Waals surface area contributed by atoms with Crippen LogP contribution in [0.15, 0.2) is 0 Å². The van der Waals surface area contributed by atoms with E-state index in [1.807, 2.05) is 0 Å². The fourth-order valence-electron chi connectivity index (χ4n) is 2.86. The molecule has 1 unspecified atom stereocenters. The molecule has 1 N–H and O–H groups in total. The summed E-state index contributed by atoms with van der Waals surface area (Å²) in [6, 6.07) is 0.304. The van der Waals surface area contributed by atoms with Crippen LogP contribution in [0.2, 0.25) is 0 Å². The number of rotatable bonds is 3. The second-order valence-electron chi connectivity index (χ2n) is 5.35. The van der Waals surface area contributed by atoms with Gasteiger partial charge < -0.3 is 5.32 Å². The minimum Gasteiger partial charge on any atom is -0.315 e. The van der Waals surface area contributed by atoms with Gasteiger partial charge in [-0.3, -0.25) is 4.90 Å². The van der Waals surface area contributed by atoms with Crippen LogP contribution in [-0.2, 0) is 10.2 Å². The van der Waals surface area contributed by atoms with Crippen molar-refractivity contribution in [1.82, 2.24) is 18.8 Å². The van der Waals surface area contributed by atoms with Gasteiger partial charge >= 0.3 is 0 Å². The first kappa shape index (κ1) is 15.2. The molecule has 2 rings (SSSR count). The average Bonchev–Trinajstić information content (AvgIpc) is 2.67. The summed E-state index contributed by atoms with van der Waals surface area (Å²) in [5.41, 5.74) is 0. The molecule has 6 nitrogen and oxygen atoms in total. The number of hydrogen-bond acceptors (Lipinski definition) is 4. The molecular weight excluding hydrogens is 264 g/mol. The molecule has 0 aliphatic carbocycles. The van der Waals surface area contributed by atoms with E-state index in [-0.39, 0.29) is 0 Å². The van der Waals surface area contributed by atoms with Crippen LogP contribution >= 0.6 is 0 Å². The number of likely N-dealkylation sites (N-methyl/N-ethyl adjacent to an activating group) is 1. The smallest absolute Gasteiger partial charge is 0.282 e. The molecule has 0 amide bonds. The van der Waals surface area contributed by atoms with E-state index in [9.17, 15) is 8.42 Å². The van der Waals surface area contributed by atoms with Crippen molar-refractivity contribution in [3.05, 3.63) is 0 Å². The second-order valence-corrected chi connectivity index (χ2v) is 7.27. The quantitative estimate of drug-likeness (QED) is 0.765. The molecule has 0 aromatic rings. The van der Waals surface area contributed by atoms with Crippen molar-refractivity contribution in [1.29, 1.82) is 0 Å². The van der Waals surface area contributed by atoms with E-state index in [1.54, 1.807) is 8.61 Å². The standard InChI is InChI=1S/C12H26N4O2S/c1-3-14-9-10-16(11-12(14)2)19(17,18)15-7-4-5-13-6-8-15/h12-13H,3-11H2,1-2H3. The average molecular weight is 290 g/mol. The third-order valence-electron chi connectivity index (χ3n) is 4.09. The molecule has 2 fully saturated rings. The molecule has 0 spiro atoms. The lowest BCUT2D eigenvalue weighted by Gasteiger charge is -2.40.